The van der Waals surface area contributed by atoms with Crippen LogP contribution >= 0.6 is 11.6 Å². The Labute approximate surface area is 119 Å². The van der Waals surface area contributed by atoms with Crippen molar-refractivity contribution in [3.05, 3.63) is 0 Å². The Balaban J connectivity index is 5.46. The minimum absolute atomic E-state index is 0.0297. The molecule has 108 valence electrons. The molecule has 0 aromatic heterocycles. The Morgan fingerprint density at radius 3 is 1.56 bits per heavy atom. The second kappa shape index (κ2) is 8.21. The fourth-order valence-electron chi connectivity index (χ4n) is 2.94. The number of halogens is 1. The summed E-state index contributed by atoms with van der Waals surface area (Å²) in [6.07, 6.45) is 3.20. The molecule has 0 saturated carbocycles. The summed E-state index contributed by atoms with van der Waals surface area (Å²) in [5.41, 5.74) is 1.44. The predicted octanol–water partition coefficient (Wildman–Crippen LogP) is 5.11. The van der Waals surface area contributed by atoms with Crippen LogP contribution in [0.4, 0.5) is 0 Å². The maximum Gasteiger partial charge on any atom is 0.307 e. The van der Waals surface area contributed by atoms with Crippen molar-refractivity contribution in [3.63, 3.8) is 0 Å². The third kappa shape index (κ3) is 3.73. The molecule has 0 rings (SSSR count). The molecule has 4 heteroatoms. The van der Waals surface area contributed by atoms with E-state index in [4.69, 9.17) is 16.0 Å². The highest BCUT2D eigenvalue weighted by atomic mass is 35.5. The van der Waals surface area contributed by atoms with Crippen molar-refractivity contribution in [2.75, 3.05) is 5.88 Å². The number of hydrogen-bond donors (Lipinski definition) is 0. The third-order valence-electron chi connectivity index (χ3n) is 4.55. The van der Waals surface area contributed by atoms with Crippen LogP contribution in [-0.4, -0.2) is 20.2 Å². The molecule has 0 aromatic carbocycles. The lowest BCUT2D eigenvalue weighted by atomic mass is 10.3. The largest absolute Gasteiger partial charge is 0.517 e. The standard InChI is InChI=1S/C14H29ClO2Si/c1-7-11(4)18(12(5)8-2,13(6)9-3)17-14(16)10-15/h11-13H,7-10H2,1-6H3. The van der Waals surface area contributed by atoms with Crippen molar-refractivity contribution in [2.24, 2.45) is 0 Å². The lowest BCUT2D eigenvalue weighted by molar-refractivity contribution is -0.132. The van der Waals surface area contributed by atoms with Crippen LogP contribution in [0.3, 0.4) is 0 Å². The van der Waals surface area contributed by atoms with Crippen molar-refractivity contribution in [3.8, 4) is 0 Å². The molecule has 18 heavy (non-hydrogen) atoms. The molecule has 0 aliphatic carbocycles. The van der Waals surface area contributed by atoms with Crippen molar-refractivity contribution in [2.45, 2.75) is 77.4 Å². The summed E-state index contributed by atoms with van der Waals surface area (Å²) in [5.74, 6) is -0.262. The molecule has 0 aromatic rings. The van der Waals surface area contributed by atoms with Gasteiger partial charge in [0.25, 0.3) is 8.32 Å². The molecular weight excluding hydrogens is 264 g/mol. The Kier molecular flexibility index (Phi) is 8.20. The molecule has 0 heterocycles. The molecule has 2 nitrogen and oxygen atoms in total. The normalized spacial score (nSPS) is 19.7. The Hall–Kier alpha value is -0.0231. The van der Waals surface area contributed by atoms with Crippen LogP contribution in [0.2, 0.25) is 16.6 Å². The summed E-state index contributed by atoms with van der Waals surface area (Å²) in [6, 6.07) is 0. The molecule has 0 aliphatic heterocycles. The first-order chi connectivity index (χ1) is 8.40. The highest BCUT2D eigenvalue weighted by Gasteiger charge is 2.51. The molecule has 0 saturated heterocycles. The van der Waals surface area contributed by atoms with Gasteiger partial charge in [-0.05, 0) is 16.6 Å². The molecular formula is C14H29ClO2Si. The second-order valence-corrected chi connectivity index (χ2v) is 10.5. The Bertz CT molecular complexity index is 232. The minimum atomic E-state index is -2.12. The highest BCUT2D eigenvalue weighted by Crippen LogP contribution is 2.47. The summed E-state index contributed by atoms with van der Waals surface area (Å²) in [5, 5.41) is 0. The van der Waals surface area contributed by atoms with Gasteiger partial charge in [-0.25, -0.2) is 0 Å². The van der Waals surface area contributed by atoms with E-state index in [1.165, 1.54) is 0 Å². The maximum absolute atomic E-state index is 11.8. The topological polar surface area (TPSA) is 26.3 Å². The zero-order valence-electron chi connectivity index (χ0n) is 12.8. The van der Waals surface area contributed by atoms with Gasteiger partial charge in [0, 0.05) is 0 Å². The second-order valence-electron chi connectivity index (χ2n) is 5.39. The molecule has 3 unspecified atom stereocenters. The van der Waals surface area contributed by atoms with Crippen molar-refractivity contribution in [1.82, 2.24) is 0 Å². The number of hydrogen-bond acceptors (Lipinski definition) is 2. The van der Waals surface area contributed by atoms with Gasteiger partial charge in [-0.2, -0.15) is 0 Å². The van der Waals surface area contributed by atoms with Gasteiger partial charge >= 0.3 is 5.97 Å². The molecule has 0 N–H and O–H groups in total. The average molecular weight is 293 g/mol. The first-order valence-corrected chi connectivity index (χ1v) is 9.85. The van der Waals surface area contributed by atoms with Gasteiger partial charge in [-0.15, -0.1) is 11.6 Å². The van der Waals surface area contributed by atoms with E-state index in [9.17, 15) is 4.79 Å². The summed E-state index contributed by atoms with van der Waals surface area (Å²) in [4.78, 5) is 11.8. The lowest BCUT2D eigenvalue weighted by Crippen LogP contribution is -2.51. The molecule has 0 aliphatic rings. The van der Waals surface area contributed by atoms with Crippen LogP contribution < -0.4 is 0 Å². The SMILES string of the molecule is CCC(C)[Si](OC(=O)CCl)(C(C)CC)C(C)CC. The van der Waals surface area contributed by atoms with Crippen LogP contribution in [0.1, 0.15) is 60.8 Å². The average Bonchev–Trinajstić information content (AvgIpc) is 2.41. The van der Waals surface area contributed by atoms with E-state index in [0.29, 0.717) is 16.6 Å². The molecule has 3 atom stereocenters. The Morgan fingerprint density at radius 2 is 1.33 bits per heavy atom. The quantitative estimate of drug-likeness (QED) is 0.459. The maximum atomic E-state index is 11.8. The molecule has 0 bridgehead atoms. The third-order valence-corrected chi connectivity index (χ3v) is 11.2. The van der Waals surface area contributed by atoms with Gasteiger partial charge in [0.2, 0.25) is 0 Å². The van der Waals surface area contributed by atoms with E-state index in [1.54, 1.807) is 0 Å². The smallest absolute Gasteiger partial charge is 0.307 e. The summed E-state index contributed by atoms with van der Waals surface area (Å²) in [7, 11) is -2.12. The zero-order valence-corrected chi connectivity index (χ0v) is 14.5. The fourth-order valence-corrected chi connectivity index (χ4v) is 8.98. The zero-order chi connectivity index (χ0) is 14.3. The molecule has 0 amide bonds. The number of rotatable bonds is 8. The van der Waals surface area contributed by atoms with E-state index < -0.39 is 8.32 Å². The first kappa shape index (κ1) is 18.0. The van der Waals surface area contributed by atoms with Crippen molar-refractivity contribution >= 4 is 25.9 Å². The van der Waals surface area contributed by atoms with Gasteiger partial charge in [0.15, 0.2) is 0 Å². The van der Waals surface area contributed by atoms with Gasteiger partial charge in [-0.1, -0.05) is 60.8 Å². The molecule has 0 fully saturated rings. The van der Waals surface area contributed by atoms with Crippen LogP contribution in [0.15, 0.2) is 0 Å². The Morgan fingerprint density at radius 1 is 1.00 bits per heavy atom. The van der Waals surface area contributed by atoms with Gasteiger partial charge in [-0.3, -0.25) is 4.79 Å². The monoisotopic (exact) mass is 292 g/mol. The number of carbonyl (C=O) groups is 1. The van der Waals surface area contributed by atoms with E-state index >= 15 is 0 Å². The van der Waals surface area contributed by atoms with E-state index in [0.717, 1.165) is 19.3 Å². The van der Waals surface area contributed by atoms with Gasteiger partial charge < -0.3 is 4.43 Å². The van der Waals surface area contributed by atoms with Crippen molar-refractivity contribution in [1.29, 1.82) is 0 Å². The predicted molar refractivity (Wildman–Crippen MR) is 81.7 cm³/mol. The molecule has 0 spiro atoms. The number of carbonyl (C=O) groups excluding carboxylic acids is 1. The molecule has 0 radical (unpaired) electrons. The summed E-state index contributed by atoms with van der Waals surface area (Å²) in [6.45, 7) is 13.3. The van der Waals surface area contributed by atoms with Crippen LogP contribution in [-0.2, 0) is 9.22 Å². The van der Waals surface area contributed by atoms with Gasteiger partial charge in [0.05, 0.1) is 0 Å². The summed E-state index contributed by atoms with van der Waals surface area (Å²) < 4.78 is 6.01. The van der Waals surface area contributed by atoms with Crippen LogP contribution in [0.5, 0.6) is 0 Å². The summed E-state index contributed by atoms with van der Waals surface area (Å²) >= 11 is 5.65. The minimum Gasteiger partial charge on any atom is -0.517 e. The van der Waals surface area contributed by atoms with Gasteiger partial charge in [0.1, 0.15) is 5.88 Å². The van der Waals surface area contributed by atoms with E-state index in [-0.39, 0.29) is 11.8 Å². The van der Waals surface area contributed by atoms with E-state index in [2.05, 4.69) is 41.5 Å². The van der Waals surface area contributed by atoms with E-state index in [1.807, 2.05) is 0 Å². The van der Waals surface area contributed by atoms with Crippen LogP contribution in [0.25, 0.3) is 0 Å². The lowest BCUT2D eigenvalue weighted by Gasteiger charge is -2.44. The van der Waals surface area contributed by atoms with Crippen LogP contribution in [0, 0.1) is 0 Å². The van der Waals surface area contributed by atoms with Crippen molar-refractivity contribution < 1.29 is 9.22 Å². The highest BCUT2D eigenvalue weighted by molar-refractivity contribution is 6.79. The number of alkyl halides is 1. The first-order valence-electron chi connectivity index (χ1n) is 7.18. The fraction of sp³-hybridized carbons (Fsp3) is 0.929.